The van der Waals surface area contributed by atoms with Gasteiger partial charge in [0.1, 0.15) is 4.83 Å². The van der Waals surface area contributed by atoms with Crippen LogP contribution in [0.15, 0.2) is 60.0 Å². The van der Waals surface area contributed by atoms with Gasteiger partial charge < -0.3 is 0 Å². The van der Waals surface area contributed by atoms with Crippen molar-refractivity contribution in [3.05, 3.63) is 71.1 Å². The molecule has 0 aliphatic heterocycles. The van der Waals surface area contributed by atoms with Crippen LogP contribution in [0.3, 0.4) is 0 Å². The molecule has 0 saturated carbocycles. The Bertz CT molecular complexity index is 1260. The third-order valence-corrected chi connectivity index (χ3v) is 7.67. The van der Waals surface area contributed by atoms with Crippen molar-refractivity contribution in [3.63, 3.8) is 0 Å². The van der Waals surface area contributed by atoms with Gasteiger partial charge in [0.05, 0.1) is 18.0 Å². The lowest BCUT2D eigenvalue weighted by atomic mass is 10.1. The molecular weight excluding hydrogens is 476 g/mol. The lowest BCUT2D eigenvalue weighted by molar-refractivity contribution is 0.237. The van der Waals surface area contributed by atoms with Gasteiger partial charge in [-0.2, -0.15) is 0 Å². The molecule has 4 rings (SSSR count). The van der Waals surface area contributed by atoms with Crippen LogP contribution in [0.4, 0.5) is 0 Å². The zero-order chi connectivity index (χ0) is 26.4. The molecule has 37 heavy (non-hydrogen) atoms. The van der Waals surface area contributed by atoms with Gasteiger partial charge >= 0.3 is 0 Å². The molecule has 2 aromatic carbocycles. The molecule has 6 nitrogen and oxygen atoms in total. The average Bonchev–Trinajstić information content (AvgIpc) is 3.38. The number of hydrogen-bond donors (Lipinski definition) is 2. The largest absolute Gasteiger partial charge is 0.298 e. The third-order valence-electron chi connectivity index (χ3n) is 6.87. The molecule has 0 radical (unpaired) electrons. The standard InChI is InChI=1S/C30H40N6S/c1-7-26(35(3)4)31-19-21-9-13-23(14-10-21)28-25-17-18-37-30(25)34-29(33-28)24-15-11-22(12-16-24)20-32-27(8-2)36(5)6/h9-18,26-27,31-32H,7-8,19-20H2,1-6H3. The Morgan fingerprint density at radius 1 is 0.703 bits per heavy atom. The van der Waals surface area contributed by atoms with Crippen LogP contribution in [0.25, 0.3) is 32.9 Å². The second-order valence-corrected chi connectivity index (χ2v) is 10.9. The van der Waals surface area contributed by atoms with Crippen LogP contribution < -0.4 is 10.6 Å². The van der Waals surface area contributed by atoms with E-state index in [0.29, 0.717) is 12.3 Å². The predicted molar refractivity (Wildman–Crippen MR) is 157 cm³/mol. The Morgan fingerprint density at radius 3 is 1.70 bits per heavy atom. The van der Waals surface area contributed by atoms with Crippen molar-refractivity contribution < 1.29 is 0 Å². The van der Waals surface area contributed by atoms with Crippen LogP contribution >= 0.6 is 11.3 Å². The highest BCUT2D eigenvalue weighted by molar-refractivity contribution is 7.16. The molecule has 2 aromatic heterocycles. The van der Waals surface area contributed by atoms with E-state index in [1.165, 1.54) is 11.1 Å². The first-order chi connectivity index (χ1) is 17.9. The van der Waals surface area contributed by atoms with Gasteiger partial charge in [0.2, 0.25) is 0 Å². The summed E-state index contributed by atoms with van der Waals surface area (Å²) >= 11 is 1.66. The molecule has 0 spiro atoms. The first-order valence-corrected chi connectivity index (χ1v) is 14.0. The van der Waals surface area contributed by atoms with Crippen LogP contribution in [0.1, 0.15) is 37.8 Å². The van der Waals surface area contributed by atoms with Crippen molar-refractivity contribution >= 4 is 21.6 Å². The van der Waals surface area contributed by atoms with E-state index < -0.39 is 0 Å². The fraction of sp³-hybridized carbons (Fsp3) is 0.400. The first kappa shape index (κ1) is 27.4. The van der Waals surface area contributed by atoms with E-state index in [9.17, 15) is 0 Å². The predicted octanol–water partition coefficient (Wildman–Crippen LogP) is 5.80. The van der Waals surface area contributed by atoms with Gasteiger partial charge in [-0.25, -0.2) is 9.97 Å². The van der Waals surface area contributed by atoms with E-state index in [1.54, 1.807) is 11.3 Å². The third kappa shape index (κ3) is 6.80. The Kier molecular flexibility index (Phi) is 9.40. The smallest absolute Gasteiger partial charge is 0.161 e. The summed E-state index contributed by atoms with van der Waals surface area (Å²) in [5.41, 5.74) is 5.66. The molecule has 2 atom stereocenters. The SMILES string of the molecule is CCC(NCc1ccc(-c2nc(-c3ccc(CNC(CC)N(C)C)cc3)c3ccsc3n2)cc1)N(C)C. The summed E-state index contributed by atoms with van der Waals surface area (Å²) in [5, 5.41) is 10.4. The molecule has 7 heteroatoms. The molecular formula is C30H40N6S. The van der Waals surface area contributed by atoms with Crippen LogP contribution in [0, 0.1) is 0 Å². The molecule has 2 unspecified atom stereocenters. The van der Waals surface area contributed by atoms with E-state index in [0.717, 1.165) is 58.8 Å². The van der Waals surface area contributed by atoms with Crippen molar-refractivity contribution in [2.45, 2.75) is 52.1 Å². The van der Waals surface area contributed by atoms with Gasteiger partial charge in [-0.05, 0) is 63.6 Å². The molecule has 2 heterocycles. The van der Waals surface area contributed by atoms with E-state index in [4.69, 9.17) is 9.97 Å². The minimum atomic E-state index is 0.370. The van der Waals surface area contributed by atoms with Crippen molar-refractivity contribution in [1.29, 1.82) is 0 Å². The maximum atomic E-state index is 5.05. The number of nitrogens with one attached hydrogen (secondary N) is 2. The Labute approximate surface area is 225 Å². The number of benzene rings is 2. The second kappa shape index (κ2) is 12.7. The first-order valence-electron chi connectivity index (χ1n) is 13.1. The van der Waals surface area contributed by atoms with E-state index in [-0.39, 0.29) is 0 Å². The van der Waals surface area contributed by atoms with Gasteiger partial charge in [0, 0.05) is 29.6 Å². The summed E-state index contributed by atoms with van der Waals surface area (Å²) in [6.07, 6.45) is 2.88. The molecule has 0 fully saturated rings. The Balaban J connectivity index is 1.54. The Hall–Kier alpha value is -2.68. The molecule has 2 N–H and O–H groups in total. The van der Waals surface area contributed by atoms with Gasteiger partial charge in [-0.15, -0.1) is 11.3 Å². The number of nitrogens with zero attached hydrogens (tertiary/aromatic N) is 4. The molecule has 0 aliphatic rings. The van der Waals surface area contributed by atoms with Crippen LogP contribution in [-0.4, -0.2) is 60.3 Å². The minimum absolute atomic E-state index is 0.370. The van der Waals surface area contributed by atoms with Crippen LogP contribution in [-0.2, 0) is 13.1 Å². The molecule has 0 saturated heterocycles. The van der Waals surface area contributed by atoms with Crippen LogP contribution in [0.2, 0.25) is 0 Å². The Morgan fingerprint density at radius 2 is 1.22 bits per heavy atom. The van der Waals surface area contributed by atoms with Crippen molar-refractivity contribution in [2.75, 3.05) is 28.2 Å². The van der Waals surface area contributed by atoms with Crippen molar-refractivity contribution in [1.82, 2.24) is 30.4 Å². The van der Waals surface area contributed by atoms with E-state index >= 15 is 0 Å². The average molecular weight is 517 g/mol. The molecule has 0 amide bonds. The highest BCUT2D eigenvalue weighted by atomic mass is 32.1. The minimum Gasteiger partial charge on any atom is -0.298 e. The summed E-state index contributed by atoms with van der Waals surface area (Å²) in [6, 6.07) is 19.5. The fourth-order valence-electron chi connectivity index (χ4n) is 4.61. The lowest BCUT2D eigenvalue weighted by Crippen LogP contribution is -2.40. The van der Waals surface area contributed by atoms with Gasteiger partial charge in [-0.1, -0.05) is 62.4 Å². The lowest BCUT2D eigenvalue weighted by Gasteiger charge is -2.24. The normalized spacial score (nSPS) is 13.5. The number of hydrogen-bond acceptors (Lipinski definition) is 7. The van der Waals surface area contributed by atoms with Crippen LogP contribution in [0.5, 0.6) is 0 Å². The number of thiophene rings is 1. The zero-order valence-corrected chi connectivity index (χ0v) is 23.8. The monoisotopic (exact) mass is 516 g/mol. The summed E-state index contributed by atoms with van der Waals surface area (Å²) in [7, 11) is 8.44. The highest BCUT2D eigenvalue weighted by Crippen LogP contribution is 2.32. The molecule has 0 bridgehead atoms. The van der Waals surface area contributed by atoms with Gasteiger partial charge in [0.25, 0.3) is 0 Å². The summed E-state index contributed by atoms with van der Waals surface area (Å²) in [6.45, 7) is 6.08. The zero-order valence-electron chi connectivity index (χ0n) is 23.0. The fourth-order valence-corrected chi connectivity index (χ4v) is 5.38. The molecule has 0 aliphatic carbocycles. The molecule has 196 valence electrons. The van der Waals surface area contributed by atoms with E-state index in [2.05, 4.69) is 122 Å². The van der Waals surface area contributed by atoms with Crippen molar-refractivity contribution in [2.24, 2.45) is 0 Å². The number of rotatable bonds is 12. The quantitative estimate of drug-likeness (QED) is 0.232. The van der Waals surface area contributed by atoms with E-state index in [1.807, 2.05) is 0 Å². The molecule has 4 aromatic rings. The summed E-state index contributed by atoms with van der Waals surface area (Å²) in [4.78, 5) is 15.4. The van der Waals surface area contributed by atoms with Gasteiger partial charge in [0.15, 0.2) is 5.82 Å². The second-order valence-electron chi connectivity index (χ2n) is 9.97. The number of fused-ring (bicyclic) bond motifs is 1. The van der Waals surface area contributed by atoms with Crippen molar-refractivity contribution in [3.8, 4) is 22.6 Å². The topological polar surface area (TPSA) is 56.3 Å². The summed E-state index contributed by atoms with van der Waals surface area (Å²) in [5.74, 6) is 0.770. The summed E-state index contributed by atoms with van der Waals surface area (Å²) < 4.78 is 0. The maximum Gasteiger partial charge on any atom is 0.161 e. The highest BCUT2D eigenvalue weighted by Gasteiger charge is 2.14. The van der Waals surface area contributed by atoms with Gasteiger partial charge in [-0.3, -0.25) is 20.4 Å². The maximum absolute atomic E-state index is 5.05. The number of aromatic nitrogens is 2.